The first-order chi connectivity index (χ1) is 10.6. The highest BCUT2D eigenvalue weighted by atomic mass is 19.4. The van der Waals surface area contributed by atoms with E-state index in [1.807, 2.05) is 0 Å². The van der Waals surface area contributed by atoms with Crippen molar-refractivity contribution in [3.05, 3.63) is 17.7 Å². The Morgan fingerprint density at radius 2 is 1.08 bits per heavy atom. The summed E-state index contributed by atoms with van der Waals surface area (Å²) in [6.07, 6.45) is -16.9. The van der Waals surface area contributed by atoms with Crippen molar-refractivity contribution < 1.29 is 58.5 Å². The van der Waals surface area contributed by atoms with E-state index < -0.39 is 47.8 Å². The lowest BCUT2D eigenvalue weighted by atomic mass is 10.1. The van der Waals surface area contributed by atoms with Gasteiger partial charge < -0.3 is 19.9 Å². The molecule has 0 spiro atoms. The lowest BCUT2D eigenvalue weighted by molar-refractivity contribution is -0.293. The zero-order valence-corrected chi connectivity index (χ0v) is 10.8. The second kappa shape index (κ2) is 6.16. The average molecular weight is 373 g/mol. The maximum atomic E-state index is 12.2. The Morgan fingerprint density at radius 1 is 0.750 bits per heavy atom. The SMILES string of the molecule is NC(=O)c1cc(OC(F)(F)F)c(OC(F)(F)F)c(OC(F)(F)F)c1. The zero-order valence-electron chi connectivity index (χ0n) is 10.8. The molecule has 1 aromatic rings. The number of hydrogen-bond acceptors (Lipinski definition) is 4. The Balaban J connectivity index is 3.58. The molecule has 0 atom stereocenters. The molecule has 0 aliphatic carbocycles. The highest BCUT2D eigenvalue weighted by molar-refractivity contribution is 5.94. The van der Waals surface area contributed by atoms with E-state index in [0.717, 1.165) is 0 Å². The van der Waals surface area contributed by atoms with Gasteiger partial charge in [0.2, 0.25) is 11.7 Å². The summed E-state index contributed by atoms with van der Waals surface area (Å²) < 4.78 is 119. The molecule has 1 aromatic carbocycles. The third-order valence-corrected chi connectivity index (χ3v) is 1.97. The van der Waals surface area contributed by atoms with Crippen LogP contribution in [-0.2, 0) is 0 Å². The topological polar surface area (TPSA) is 70.8 Å². The molecule has 0 aromatic heterocycles. The zero-order chi connectivity index (χ0) is 18.9. The van der Waals surface area contributed by atoms with Gasteiger partial charge in [0.25, 0.3) is 0 Å². The standard InChI is InChI=1S/C10H4F9NO4/c11-8(12,13)22-4-1-3(7(20)21)2-5(23-9(14,15)16)6(4)24-10(17,18)19/h1-2H,(H2,20,21). The minimum atomic E-state index is -5.69. The summed E-state index contributed by atoms with van der Waals surface area (Å²) in [5.41, 5.74) is 3.63. The highest BCUT2D eigenvalue weighted by Crippen LogP contribution is 2.45. The van der Waals surface area contributed by atoms with Gasteiger partial charge in [-0.15, -0.1) is 39.5 Å². The number of hydrogen-bond donors (Lipinski definition) is 1. The molecule has 136 valence electrons. The van der Waals surface area contributed by atoms with E-state index >= 15 is 0 Å². The van der Waals surface area contributed by atoms with Crippen LogP contribution in [0.4, 0.5) is 39.5 Å². The molecule has 0 radical (unpaired) electrons. The maximum absolute atomic E-state index is 12.2. The molecule has 0 heterocycles. The molecule has 14 heteroatoms. The Bertz CT molecular complexity index is 583. The predicted octanol–water partition coefficient (Wildman–Crippen LogP) is 3.48. The van der Waals surface area contributed by atoms with Crippen LogP contribution in [0.2, 0.25) is 0 Å². The molecule has 1 rings (SSSR count). The lowest BCUT2D eigenvalue weighted by Crippen LogP contribution is -2.24. The Labute approximate surface area is 125 Å². The quantitative estimate of drug-likeness (QED) is 0.821. The third kappa shape index (κ3) is 6.29. The fourth-order valence-electron chi connectivity index (χ4n) is 1.34. The van der Waals surface area contributed by atoms with Crippen molar-refractivity contribution in [1.82, 2.24) is 0 Å². The van der Waals surface area contributed by atoms with Crippen LogP contribution in [0.1, 0.15) is 10.4 Å². The van der Waals surface area contributed by atoms with Crippen molar-refractivity contribution in [2.75, 3.05) is 0 Å². The molecule has 0 bridgehead atoms. The Hall–Kier alpha value is -2.54. The first-order valence-corrected chi connectivity index (χ1v) is 5.32. The summed E-state index contributed by atoms with van der Waals surface area (Å²) in [4.78, 5) is 10.9. The van der Waals surface area contributed by atoms with Gasteiger partial charge in [-0.3, -0.25) is 4.79 Å². The van der Waals surface area contributed by atoms with E-state index in [-0.39, 0.29) is 12.1 Å². The Kier molecular flexibility index (Phi) is 5.01. The van der Waals surface area contributed by atoms with Crippen molar-refractivity contribution >= 4 is 5.91 Å². The predicted molar refractivity (Wildman–Crippen MR) is 55.0 cm³/mol. The highest BCUT2D eigenvalue weighted by Gasteiger charge is 2.41. The maximum Gasteiger partial charge on any atom is 0.573 e. The second-order valence-corrected chi connectivity index (χ2v) is 3.81. The van der Waals surface area contributed by atoms with Gasteiger partial charge in [0.05, 0.1) is 0 Å². The van der Waals surface area contributed by atoms with Gasteiger partial charge >= 0.3 is 19.1 Å². The minimum absolute atomic E-state index is 0.0140. The molecule has 0 saturated carbocycles. The summed E-state index contributed by atoms with van der Waals surface area (Å²) in [5, 5.41) is 0. The van der Waals surface area contributed by atoms with Crippen molar-refractivity contribution in [2.45, 2.75) is 19.1 Å². The number of carbonyl (C=O) groups excluding carboxylic acids is 1. The average Bonchev–Trinajstić information content (AvgIpc) is 2.27. The van der Waals surface area contributed by atoms with Crippen molar-refractivity contribution in [2.24, 2.45) is 5.73 Å². The van der Waals surface area contributed by atoms with Crippen molar-refractivity contribution in [3.8, 4) is 17.2 Å². The number of amides is 1. The van der Waals surface area contributed by atoms with Crippen LogP contribution in [0, 0.1) is 0 Å². The molecule has 0 unspecified atom stereocenters. The van der Waals surface area contributed by atoms with Gasteiger partial charge in [0, 0.05) is 5.56 Å². The first-order valence-electron chi connectivity index (χ1n) is 5.32. The summed E-state index contributed by atoms with van der Waals surface area (Å²) in [6, 6.07) is 0.0280. The third-order valence-electron chi connectivity index (χ3n) is 1.97. The normalized spacial score (nSPS) is 12.7. The summed E-state index contributed by atoms with van der Waals surface area (Å²) in [7, 11) is 0. The van der Waals surface area contributed by atoms with Crippen LogP contribution in [-0.4, -0.2) is 25.0 Å². The number of rotatable bonds is 4. The van der Waals surface area contributed by atoms with E-state index in [2.05, 4.69) is 19.9 Å². The van der Waals surface area contributed by atoms with E-state index in [1.165, 1.54) is 0 Å². The molecule has 0 fully saturated rings. The number of nitrogens with two attached hydrogens (primary N) is 1. The van der Waals surface area contributed by atoms with Gasteiger partial charge in [-0.2, -0.15) is 0 Å². The number of ether oxygens (including phenoxy) is 3. The monoisotopic (exact) mass is 373 g/mol. The van der Waals surface area contributed by atoms with E-state index in [4.69, 9.17) is 0 Å². The molecule has 1 amide bonds. The molecule has 24 heavy (non-hydrogen) atoms. The van der Waals surface area contributed by atoms with Crippen LogP contribution >= 0.6 is 0 Å². The van der Waals surface area contributed by atoms with Crippen LogP contribution in [0.15, 0.2) is 12.1 Å². The van der Waals surface area contributed by atoms with Gasteiger partial charge in [0.15, 0.2) is 11.5 Å². The number of primary amides is 1. The molecular weight excluding hydrogens is 369 g/mol. The molecule has 0 aliphatic rings. The van der Waals surface area contributed by atoms with Crippen molar-refractivity contribution in [1.29, 1.82) is 0 Å². The lowest BCUT2D eigenvalue weighted by Gasteiger charge is -2.19. The summed E-state index contributed by atoms with van der Waals surface area (Å²) in [6.45, 7) is 0. The molecule has 0 aliphatic heterocycles. The smallest absolute Gasteiger partial charge is 0.402 e. The molecule has 5 nitrogen and oxygen atoms in total. The number of carbonyl (C=O) groups is 1. The van der Waals surface area contributed by atoms with E-state index in [0.29, 0.717) is 0 Å². The fraction of sp³-hybridized carbons (Fsp3) is 0.300. The van der Waals surface area contributed by atoms with Crippen LogP contribution in [0.25, 0.3) is 0 Å². The number of benzene rings is 1. The van der Waals surface area contributed by atoms with Gasteiger partial charge in [0.1, 0.15) is 0 Å². The molecule has 2 N–H and O–H groups in total. The first kappa shape index (κ1) is 19.5. The van der Waals surface area contributed by atoms with Gasteiger partial charge in [-0.1, -0.05) is 0 Å². The van der Waals surface area contributed by atoms with Gasteiger partial charge in [-0.25, -0.2) is 0 Å². The minimum Gasteiger partial charge on any atom is -0.402 e. The van der Waals surface area contributed by atoms with Crippen LogP contribution < -0.4 is 19.9 Å². The van der Waals surface area contributed by atoms with Crippen LogP contribution in [0.5, 0.6) is 17.2 Å². The number of halogens is 9. The molecular formula is C10H4F9NO4. The van der Waals surface area contributed by atoms with E-state index in [9.17, 15) is 44.3 Å². The Morgan fingerprint density at radius 3 is 1.33 bits per heavy atom. The fourth-order valence-corrected chi connectivity index (χ4v) is 1.34. The molecule has 0 saturated heterocycles. The van der Waals surface area contributed by atoms with E-state index in [1.54, 1.807) is 0 Å². The summed E-state index contributed by atoms with van der Waals surface area (Å²) in [5.74, 6) is -7.47. The summed E-state index contributed by atoms with van der Waals surface area (Å²) >= 11 is 0. The van der Waals surface area contributed by atoms with Crippen molar-refractivity contribution in [3.63, 3.8) is 0 Å². The van der Waals surface area contributed by atoms with Crippen LogP contribution in [0.3, 0.4) is 0 Å². The second-order valence-electron chi connectivity index (χ2n) is 3.81. The largest absolute Gasteiger partial charge is 0.573 e. The number of alkyl halides is 9. The van der Waals surface area contributed by atoms with Gasteiger partial charge in [-0.05, 0) is 12.1 Å².